The van der Waals surface area contributed by atoms with Crippen LogP contribution in [0.1, 0.15) is 0 Å². The minimum absolute atomic E-state index is 0.979. The number of pyridine rings is 2. The van der Waals surface area contributed by atoms with Gasteiger partial charge in [-0.15, -0.1) is 0 Å². The largest absolute Gasteiger partial charge is 0.308 e. The van der Waals surface area contributed by atoms with Crippen LogP contribution in [-0.2, 0) is 0 Å². The first-order valence-electron chi connectivity index (χ1n) is 19.5. The lowest BCUT2D eigenvalue weighted by Gasteiger charge is -2.15. The molecule has 5 heterocycles. The van der Waals surface area contributed by atoms with Gasteiger partial charge in [-0.25, -0.2) is 9.97 Å². The van der Waals surface area contributed by atoms with Gasteiger partial charge in [-0.3, -0.25) is 8.80 Å². The van der Waals surface area contributed by atoms with Gasteiger partial charge in [0.2, 0.25) is 0 Å². The second kappa shape index (κ2) is 10.5. The van der Waals surface area contributed by atoms with Crippen molar-refractivity contribution < 1.29 is 0 Å². The van der Waals surface area contributed by atoms with E-state index in [1.54, 1.807) is 0 Å². The van der Waals surface area contributed by atoms with Crippen LogP contribution in [-0.4, -0.2) is 23.3 Å². The molecular weight excluding hydrogens is 695 g/mol. The molecule has 0 fully saturated rings. The van der Waals surface area contributed by atoms with Crippen LogP contribution in [0.15, 0.2) is 176 Å². The Balaban J connectivity index is 1.17. The van der Waals surface area contributed by atoms with E-state index >= 15 is 0 Å². The Bertz CT molecular complexity index is 4110. The number of benzene rings is 9. The highest BCUT2D eigenvalue weighted by Gasteiger charge is 2.22. The molecule has 0 saturated heterocycles. The number of imidazole rings is 2. The third-order valence-electron chi connectivity index (χ3n) is 12.5. The predicted molar refractivity (Wildman–Crippen MR) is 238 cm³/mol. The molecule has 5 nitrogen and oxygen atoms in total. The molecule has 0 radical (unpaired) electrons. The van der Waals surface area contributed by atoms with Crippen LogP contribution in [0.3, 0.4) is 0 Å². The summed E-state index contributed by atoms with van der Waals surface area (Å²) in [6, 6.07) is 64.1. The second-order valence-electron chi connectivity index (χ2n) is 15.4. The van der Waals surface area contributed by atoms with Crippen molar-refractivity contribution >= 4 is 120 Å². The van der Waals surface area contributed by atoms with Gasteiger partial charge in [0.15, 0.2) is 0 Å². The second-order valence-corrected chi connectivity index (χ2v) is 15.4. The van der Waals surface area contributed by atoms with Gasteiger partial charge in [0.05, 0.1) is 44.1 Å². The highest BCUT2D eigenvalue weighted by Crippen LogP contribution is 2.42. The average molecular weight is 724 g/mol. The van der Waals surface area contributed by atoms with E-state index in [1.165, 1.54) is 64.8 Å². The number of hydrogen-bond donors (Lipinski definition) is 0. The standard InChI is InChI=1S/C52H29N5/c1-3-13-33-30(11-1)21-24-38-37-26-23-32(27-46(37)57-45-20-10-8-18-42(45)53-52(57)49(33)38)55-47-29-48-43(28-41(47)39-25-22-31-12-2-4-14-34(31)50(39)55)54-51-40-17-6-5-15-35(40)36-16-7-9-19-44(36)56(48)51/h1-29H. The highest BCUT2D eigenvalue weighted by atomic mass is 15.0. The molecule has 0 aliphatic heterocycles. The smallest absolute Gasteiger partial charge is 0.147 e. The van der Waals surface area contributed by atoms with E-state index in [0.717, 1.165) is 61.0 Å². The first kappa shape index (κ1) is 29.6. The summed E-state index contributed by atoms with van der Waals surface area (Å²) >= 11 is 0. The molecule has 9 aromatic carbocycles. The highest BCUT2D eigenvalue weighted by molar-refractivity contribution is 6.25. The van der Waals surface area contributed by atoms with Crippen LogP contribution in [0.4, 0.5) is 0 Å². The van der Waals surface area contributed by atoms with E-state index in [0.29, 0.717) is 0 Å². The van der Waals surface area contributed by atoms with Crippen molar-refractivity contribution in [2.45, 2.75) is 0 Å². The molecule has 0 aliphatic carbocycles. The number of aromatic nitrogens is 5. The zero-order chi connectivity index (χ0) is 36.9. The van der Waals surface area contributed by atoms with Gasteiger partial charge in [-0.1, -0.05) is 133 Å². The molecule has 5 aromatic heterocycles. The summed E-state index contributed by atoms with van der Waals surface area (Å²) in [6.45, 7) is 0. The maximum atomic E-state index is 5.39. The molecule has 5 heteroatoms. The minimum atomic E-state index is 0.979. The number of nitrogens with zero attached hydrogens (tertiary/aromatic N) is 5. The van der Waals surface area contributed by atoms with E-state index in [4.69, 9.17) is 9.97 Å². The van der Waals surface area contributed by atoms with Crippen molar-refractivity contribution in [2.75, 3.05) is 0 Å². The number of para-hydroxylation sites is 3. The molecular formula is C52H29N5. The summed E-state index contributed by atoms with van der Waals surface area (Å²) in [5, 5.41) is 14.4. The molecule has 0 spiro atoms. The summed E-state index contributed by atoms with van der Waals surface area (Å²) in [5.41, 5.74) is 11.8. The Kier molecular flexibility index (Phi) is 5.45. The van der Waals surface area contributed by atoms with Gasteiger partial charge in [-0.2, -0.15) is 0 Å². The number of fused-ring (bicyclic) bond motifs is 23. The zero-order valence-corrected chi connectivity index (χ0v) is 30.5. The Morgan fingerprint density at radius 3 is 1.79 bits per heavy atom. The third-order valence-corrected chi connectivity index (χ3v) is 12.5. The van der Waals surface area contributed by atoms with Crippen LogP contribution in [0, 0.1) is 0 Å². The van der Waals surface area contributed by atoms with Crippen molar-refractivity contribution in [1.82, 2.24) is 23.3 Å². The topological polar surface area (TPSA) is 39.5 Å². The average Bonchev–Trinajstić information content (AvgIpc) is 3.95. The lowest BCUT2D eigenvalue weighted by Crippen LogP contribution is -1.98. The van der Waals surface area contributed by atoms with Gasteiger partial charge in [-0.05, 0) is 69.4 Å². The normalized spacial score (nSPS) is 12.6. The van der Waals surface area contributed by atoms with Crippen LogP contribution in [0.2, 0.25) is 0 Å². The fraction of sp³-hybridized carbons (Fsp3) is 0. The lowest BCUT2D eigenvalue weighted by molar-refractivity contribution is 1.18. The predicted octanol–water partition coefficient (Wildman–Crippen LogP) is 13.3. The summed E-state index contributed by atoms with van der Waals surface area (Å²) < 4.78 is 7.24. The van der Waals surface area contributed by atoms with Crippen molar-refractivity contribution in [1.29, 1.82) is 0 Å². The molecule has 14 aromatic rings. The summed E-state index contributed by atoms with van der Waals surface area (Å²) in [4.78, 5) is 10.7. The minimum Gasteiger partial charge on any atom is -0.308 e. The Morgan fingerprint density at radius 2 is 0.930 bits per heavy atom. The molecule has 0 aliphatic rings. The summed E-state index contributed by atoms with van der Waals surface area (Å²) in [6.07, 6.45) is 0. The van der Waals surface area contributed by atoms with E-state index in [2.05, 4.69) is 189 Å². The molecule has 0 amide bonds. The van der Waals surface area contributed by atoms with Crippen LogP contribution in [0.5, 0.6) is 0 Å². The van der Waals surface area contributed by atoms with E-state index in [-0.39, 0.29) is 0 Å². The monoisotopic (exact) mass is 723 g/mol. The Labute approximate surface area is 323 Å². The number of rotatable bonds is 1. The molecule has 0 N–H and O–H groups in total. The molecule has 0 unspecified atom stereocenters. The van der Waals surface area contributed by atoms with Crippen LogP contribution < -0.4 is 0 Å². The maximum Gasteiger partial charge on any atom is 0.147 e. The molecule has 14 rings (SSSR count). The Hall–Kier alpha value is -7.76. The van der Waals surface area contributed by atoms with Gasteiger partial charge in [0, 0.05) is 43.4 Å². The van der Waals surface area contributed by atoms with Crippen LogP contribution >= 0.6 is 0 Å². The molecule has 262 valence electrons. The fourth-order valence-corrected chi connectivity index (χ4v) is 10.1. The summed E-state index contributed by atoms with van der Waals surface area (Å²) in [5.74, 6) is 0. The van der Waals surface area contributed by atoms with E-state index in [1.807, 2.05) is 0 Å². The quantitative estimate of drug-likeness (QED) is 0.158. The lowest BCUT2D eigenvalue weighted by atomic mass is 9.99. The van der Waals surface area contributed by atoms with Crippen molar-refractivity contribution in [3.05, 3.63) is 176 Å². The SMILES string of the molecule is c1ccc2c(c1)ccc1c3ccc(-n4c5cc6c(cc5c5ccc7ccccc7c54)nc4c5ccccc5c5ccccc5n64)cc3n3c4ccccc4nc3c21. The molecule has 57 heavy (non-hydrogen) atoms. The molecule has 0 saturated carbocycles. The van der Waals surface area contributed by atoms with Crippen molar-refractivity contribution in [2.24, 2.45) is 0 Å². The van der Waals surface area contributed by atoms with Gasteiger partial charge >= 0.3 is 0 Å². The van der Waals surface area contributed by atoms with Crippen molar-refractivity contribution in [3.8, 4) is 5.69 Å². The van der Waals surface area contributed by atoms with Gasteiger partial charge < -0.3 is 4.57 Å². The summed E-state index contributed by atoms with van der Waals surface area (Å²) in [7, 11) is 0. The van der Waals surface area contributed by atoms with E-state index < -0.39 is 0 Å². The first-order valence-corrected chi connectivity index (χ1v) is 19.5. The molecule has 0 bridgehead atoms. The van der Waals surface area contributed by atoms with Crippen molar-refractivity contribution in [3.63, 3.8) is 0 Å². The zero-order valence-electron chi connectivity index (χ0n) is 30.5. The first-order chi connectivity index (χ1) is 28.3. The third kappa shape index (κ3) is 3.73. The van der Waals surface area contributed by atoms with Crippen LogP contribution in [0.25, 0.3) is 126 Å². The van der Waals surface area contributed by atoms with Gasteiger partial charge in [0.1, 0.15) is 11.3 Å². The molecule has 0 atom stereocenters. The Morgan fingerprint density at radius 1 is 0.316 bits per heavy atom. The fourth-order valence-electron chi connectivity index (χ4n) is 10.1. The van der Waals surface area contributed by atoms with Gasteiger partial charge in [0.25, 0.3) is 0 Å². The van der Waals surface area contributed by atoms with E-state index in [9.17, 15) is 0 Å². The maximum absolute atomic E-state index is 5.39. The number of hydrogen-bond acceptors (Lipinski definition) is 2.